The van der Waals surface area contributed by atoms with E-state index in [1.54, 1.807) is 25.3 Å². The lowest BCUT2D eigenvalue weighted by Gasteiger charge is -2.24. The summed E-state index contributed by atoms with van der Waals surface area (Å²) in [6.45, 7) is 2.84. The number of aromatic hydroxyl groups is 1. The number of quaternary nitrogens is 1. The molecular weight excluding hydrogens is 342 g/mol. The zero-order chi connectivity index (χ0) is 18.8. The molecule has 1 saturated heterocycles. The zero-order valence-corrected chi connectivity index (χ0v) is 15.5. The quantitative estimate of drug-likeness (QED) is 0.817. The first-order valence-electron chi connectivity index (χ1n) is 9.43. The Morgan fingerprint density at radius 3 is 2.70 bits per heavy atom. The van der Waals surface area contributed by atoms with Gasteiger partial charge < -0.3 is 19.5 Å². The molecule has 2 heterocycles. The number of benzene rings is 2. The van der Waals surface area contributed by atoms with Gasteiger partial charge in [-0.2, -0.15) is 0 Å². The van der Waals surface area contributed by atoms with Gasteiger partial charge in [-0.1, -0.05) is 18.2 Å². The third-order valence-electron chi connectivity index (χ3n) is 5.33. The summed E-state index contributed by atoms with van der Waals surface area (Å²) >= 11 is 0. The maximum atomic E-state index is 12.8. The van der Waals surface area contributed by atoms with Crippen molar-refractivity contribution in [2.75, 3.05) is 20.2 Å². The van der Waals surface area contributed by atoms with Crippen LogP contribution in [-0.4, -0.2) is 31.1 Å². The third kappa shape index (κ3) is 3.43. The minimum atomic E-state index is -0.161. The summed E-state index contributed by atoms with van der Waals surface area (Å²) in [5.41, 5.74) is 2.02. The molecule has 0 bridgehead atoms. The van der Waals surface area contributed by atoms with Crippen molar-refractivity contribution in [1.29, 1.82) is 0 Å². The molecule has 0 unspecified atom stereocenters. The van der Waals surface area contributed by atoms with Gasteiger partial charge in [-0.3, -0.25) is 4.79 Å². The Labute approximate surface area is 158 Å². The van der Waals surface area contributed by atoms with Crippen LogP contribution >= 0.6 is 0 Å². The number of ketones is 1. The predicted molar refractivity (Wildman–Crippen MR) is 102 cm³/mol. The molecule has 27 heavy (non-hydrogen) atoms. The molecule has 0 amide bonds. The molecule has 140 valence electrons. The number of para-hydroxylation sites is 1. The first-order valence-corrected chi connectivity index (χ1v) is 9.43. The Hall–Kier alpha value is -2.79. The largest absolute Gasteiger partial charge is 0.507 e. The first kappa shape index (κ1) is 17.6. The van der Waals surface area contributed by atoms with E-state index >= 15 is 0 Å². The maximum Gasteiger partial charge on any atom is 0.231 e. The van der Waals surface area contributed by atoms with Gasteiger partial charge in [0.25, 0.3) is 0 Å². The highest BCUT2D eigenvalue weighted by Gasteiger charge is 2.33. The van der Waals surface area contributed by atoms with Gasteiger partial charge in [0.15, 0.2) is 11.5 Å². The average molecular weight is 366 g/mol. The molecule has 2 aromatic carbocycles. The molecule has 0 aliphatic carbocycles. The summed E-state index contributed by atoms with van der Waals surface area (Å²) in [7, 11) is 1.60. The number of likely N-dealkylation sites (tertiary alicyclic amines) is 1. The molecule has 0 aromatic heterocycles. The van der Waals surface area contributed by atoms with Gasteiger partial charge in [0.1, 0.15) is 18.0 Å². The highest BCUT2D eigenvalue weighted by atomic mass is 16.5. The highest BCUT2D eigenvalue weighted by molar-refractivity contribution is 6.15. The van der Waals surface area contributed by atoms with E-state index in [2.05, 4.69) is 0 Å². The van der Waals surface area contributed by atoms with Gasteiger partial charge in [-0.15, -0.1) is 0 Å². The Morgan fingerprint density at radius 2 is 1.93 bits per heavy atom. The summed E-state index contributed by atoms with van der Waals surface area (Å²) in [6, 6.07) is 10.7. The van der Waals surface area contributed by atoms with Gasteiger partial charge >= 0.3 is 0 Å². The number of nitrogens with one attached hydrogen (secondary N) is 1. The van der Waals surface area contributed by atoms with Crippen LogP contribution in [0.5, 0.6) is 17.2 Å². The van der Waals surface area contributed by atoms with Gasteiger partial charge in [0, 0.05) is 5.56 Å². The second-order valence-electron chi connectivity index (χ2n) is 7.11. The van der Waals surface area contributed by atoms with Crippen LogP contribution < -0.4 is 14.4 Å². The van der Waals surface area contributed by atoms with Crippen molar-refractivity contribution < 1.29 is 24.3 Å². The van der Waals surface area contributed by atoms with E-state index in [4.69, 9.17) is 9.47 Å². The van der Waals surface area contributed by atoms with Crippen LogP contribution in [0.3, 0.4) is 0 Å². The molecule has 4 rings (SSSR count). The van der Waals surface area contributed by atoms with Crippen LogP contribution in [0, 0.1) is 0 Å². The smallest absolute Gasteiger partial charge is 0.231 e. The summed E-state index contributed by atoms with van der Waals surface area (Å²) in [5, 5.41) is 10.4. The molecular formula is C22H24NO4+. The fourth-order valence-corrected chi connectivity index (χ4v) is 3.87. The van der Waals surface area contributed by atoms with Crippen molar-refractivity contribution in [3.8, 4) is 17.2 Å². The van der Waals surface area contributed by atoms with Crippen LogP contribution in [0.1, 0.15) is 40.7 Å². The standard InChI is InChI=1S/C22H23NO4/c1-26-19-8-4-3-7-15(19)13-20-21(25)16-9-10-18(24)17(22(16)27-20)14-23-11-5-2-6-12-23/h3-4,7-10,13,24H,2,5-6,11-12,14H2,1H3/p+1/b20-13-. The van der Waals surface area contributed by atoms with E-state index in [1.807, 2.05) is 24.3 Å². The average Bonchev–Trinajstić information content (AvgIpc) is 3.01. The van der Waals surface area contributed by atoms with Gasteiger partial charge in [0.2, 0.25) is 5.78 Å². The minimum Gasteiger partial charge on any atom is -0.507 e. The number of carbonyl (C=O) groups excluding carboxylic acids is 1. The van der Waals surface area contributed by atoms with Crippen LogP contribution in [0.2, 0.25) is 0 Å². The van der Waals surface area contributed by atoms with E-state index in [9.17, 15) is 9.90 Å². The topological polar surface area (TPSA) is 60.2 Å². The Balaban J connectivity index is 1.67. The number of Topliss-reactive ketones (excluding diaryl/α,β-unsaturated/α-hetero) is 1. The molecule has 0 atom stereocenters. The fourth-order valence-electron chi connectivity index (χ4n) is 3.87. The molecule has 2 aromatic rings. The summed E-state index contributed by atoms with van der Waals surface area (Å²) in [4.78, 5) is 14.3. The summed E-state index contributed by atoms with van der Waals surface area (Å²) in [5.74, 6) is 1.47. The number of phenols is 1. The fraction of sp³-hybridized carbons (Fsp3) is 0.318. The van der Waals surface area contributed by atoms with E-state index in [0.29, 0.717) is 23.6 Å². The lowest BCUT2D eigenvalue weighted by atomic mass is 10.0. The Morgan fingerprint density at radius 1 is 1.15 bits per heavy atom. The second-order valence-corrected chi connectivity index (χ2v) is 7.11. The van der Waals surface area contributed by atoms with Crippen molar-refractivity contribution in [1.82, 2.24) is 0 Å². The lowest BCUT2D eigenvalue weighted by Crippen LogP contribution is -3.11. The summed E-state index contributed by atoms with van der Waals surface area (Å²) < 4.78 is 11.3. The summed E-state index contributed by atoms with van der Waals surface area (Å²) in [6.07, 6.45) is 5.37. The number of fused-ring (bicyclic) bond motifs is 1. The van der Waals surface area contributed by atoms with E-state index < -0.39 is 0 Å². The van der Waals surface area contributed by atoms with Crippen LogP contribution in [0.25, 0.3) is 6.08 Å². The molecule has 0 radical (unpaired) electrons. The van der Waals surface area contributed by atoms with Crippen LogP contribution in [-0.2, 0) is 6.54 Å². The number of piperidine rings is 1. The third-order valence-corrected chi connectivity index (χ3v) is 5.33. The minimum absolute atomic E-state index is 0.161. The number of ether oxygens (including phenoxy) is 2. The molecule has 2 aliphatic rings. The number of allylic oxidation sites excluding steroid dienone is 1. The van der Waals surface area contributed by atoms with Crippen LogP contribution in [0.4, 0.5) is 0 Å². The van der Waals surface area contributed by atoms with E-state index in [-0.39, 0.29) is 17.3 Å². The second kappa shape index (κ2) is 7.45. The molecule has 2 aliphatic heterocycles. The number of carbonyl (C=O) groups is 1. The normalized spacial score (nSPS) is 18.4. The number of methoxy groups -OCH3 is 1. The van der Waals surface area contributed by atoms with Gasteiger partial charge in [0.05, 0.1) is 31.3 Å². The molecule has 5 heteroatoms. The molecule has 2 N–H and O–H groups in total. The Bertz CT molecular complexity index is 897. The van der Waals surface area contributed by atoms with E-state index in [0.717, 1.165) is 24.2 Å². The monoisotopic (exact) mass is 366 g/mol. The van der Waals surface area contributed by atoms with Gasteiger partial charge in [-0.25, -0.2) is 0 Å². The SMILES string of the molecule is COc1ccccc1/C=C1\Oc2c(ccc(O)c2C[NH+]2CCCCC2)C1=O. The first-order chi connectivity index (χ1) is 13.2. The zero-order valence-electron chi connectivity index (χ0n) is 15.5. The molecule has 1 fully saturated rings. The lowest BCUT2D eigenvalue weighted by molar-refractivity contribution is -0.918. The van der Waals surface area contributed by atoms with Crippen molar-refractivity contribution in [2.24, 2.45) is 0 Å². The number of hydrogen-bond donors (Lipinski definition) is 2. The van der Waals surface area contributed by atoms with Crippen molar-refractivity contribution in [3.05, 3.63) is 58.8 Å². The Kier molecular flexibility index (Phi) is 4.86. The number of hydrogen-bond acceptors (Lipinski definition) is 4. The highest BCUT2D eigenvalue weighted by Crippen LogP contribution is 2.39. The number of rotatable bonds is 4. The van der Waals surface area contributed by atoms with Crippen molar-refractivity contribution >= 4 is 11.9 Å². The van der Waals surface area contributed by atoms with Crippen molar-refractivity contribution in [3.63, 3.8) is 0 Å². The molecule has 5 nitrogen and oxygen atoms in total. The van der Waals surface area contributed by atoms with Crippen molar-refractivity contribution in [2.45, 2.75) is 25.8 Å². The van der Waals surface area contributed by atoms with Crippen LogP contribution in [0.15, 0.2) is 42.2 Å². The molecule has 0 spiro atoms. The number of phenolic OH excluding ortho intramolecular Hbond substituents is 1. The van der Waals surface area contributed by atoms with E-state index in [1.165, 1.54) is 24.2 Å². The maximum absolute atomic E-state index is 12.8. The predicted octanol–water partition coefficient (Wildman–Crippen LogP) is 2.59. The molecule has 0 saturated carbocycles. The van der Waals surface area contributed by atoms with Gasteiger partial charge in [-0.05, 0) is 43.5 Å².